The Bertz CT molecular complexity index is 616. The molecule has 96 valence electrons. The van der Waals surface area contributed by atoms with Gasteiger partial charge in [-0.1, -0.05) is 12.1 Å². The summed E-state index contributed by atoms with van der Waals surface area (Å²) in [5.74, 6) is 0.388. The molecule has 0 saturated carbocycles. The van der Waals surface area contributed by atoms with Crippen LogP contribution in [0.3, 0.4) is 0 Å². The summed E-state index contributed by atoms with van der Waals surface area (Å²) < 4.78 is 12.8. The van der Waals surface area contributed by atoms with Crippen molar-refractivity contribution in [1.29, 1.82) is 5.26 Å². The van der Waals surface area contributed by atoms with Gasteiger partial charge < -0.3 is 10.6 Å². The third-order valence-electron chi connectivity index (χ3n) is 2.74. The second-order valence-corrected chi connectivity index (χ2v) is 4.20. The highest BCUT2D eigenvalue weighted by Crippen LogP contribution is 2.17. The summed E-state index contributed by atoms with van der Waals surface area (Å²) in [7, 11) is 1.85. The molecule has 0 bridgehead atoms. The van der Waals surface area contributed by atoms with Crippen LogP contribution in [0, 0.1) is 17.1 Å². The molecule has 0 aliphatic carbocycles. The lowest BCUT2D eigenvalue weighted by Crippen LogP contribution is -2.18. The van der Waals surface area contributed by atoms with Crippen LogP contribution in [-0.2, 0) is 6.54 Å². The van der Waals surface area contributed by atoms with E-state index in [-0.39, 0.29) is 11.5 Å². The summed E-state index contributed by atoms with van der Waals surface area (Å²) in [6.07, 6.45) is 0. The maximum Gasteiger partial charge on any atom is 0.165 e. The molecule has 0 radical (unpaired) electrons. The zero-order valence-corrected chi connectivity index (χ0v) is 10.5. The maximum absolute atomic E-state index is 12.8. The smallest absolute Gasteiger partial charge is 0.165 e. The van der Waals surface area contributed by atoms with Gasteiger partial charge in [-0.2, -0.15) is 5.26 Å². The van der Waals surface area contributed by atoms with Gasteiger partial charge in [0.2, 0.25) is 0 Å². The van der Waals surface area contributed by atoms with E-state index >= 15 is 0 Å². The Morgan fingerprint density at radius 3 is 2.58 bits per heavy atom. The molecule has 2 N–H and O–H groups in total. The summed E-state index contributed by atoms with van der Waals surface area (Å²) in [6.45, 7) is 0.571. The number of aromatic nitrogens is 1. The van der Waals surface area contributed by atoms with Crippen LogP contribution in [-0.4, -0.2) is 12.0 Å². The first-order valence-electron chi connectivity index (χ1n) is 5.72. The van der Waals surface area contributed by atoms with Crippen LogP contribution in [0.25, 0.3) is 0 Å². The van der Waals surface area contributed by atoms with E-state index in [1.807, 2.05) is 18.0 Å². The number of nitrogens with two attached hydrogens (primary N) is 1. The number of nitrogen functional groups attached to an aromatic ring is 1. The van der Waals surface area contributed by atoms with Crippen LogP contribution in [0.5, 0.6) is 0 Å². The van der Waals surface area contributed by atoms with Crippen LogP contribution < -0.4 is 10.6 Å². The van der Waals surface area contributed by atoms with E-state index in [1.54, 1.807) is 24.3 Å². The molecule has 1 aromatic carbocycles. The van der Waals surface area contributed by atoms with Crippen molar-refractivity contribution in [3.8, 4) is 6.07 Å². The van der Waals surface area contributed by atoms with E-state index in [1.165, 1.54) is 12.1 Å². The Morgan fingerprint density at radius 2 is 1.95 bits per heavy atom. The standard InChI is InChI=1S/C14H13FN4/c1-19(9-10-2-4-11(15)5-3-10)14-7-6-12(17)13(8-16)18-14/h2-7H,9,17H2,1H3. The number of pyridine rings is 1. The number of rotatable bonds is 3. The minimum Gasteiger partial charge on any atom is -0.396 e. The summed E-state index contributed by atoms with van der Waals surface area (Å²) in [4.78, 5) is 6.04. The normalized spacial score (nSPS) is 9.95. The first-order valence-corrected chi connectivity index (χ1v) is 5.72. The van der Waals surface area contributed by atoms with E-state index < -0.39 is 0 Å². The lowest BCUT2D eigenvalue weighted by Gasteiger charge is -2.18. The molecule has 0 aliphatic heterocycles. The van der Waals surface area contributed by atoms with E-state index in [4.69, 9.17) is 11.0 Å². The minimum absolute atomic E-state index is 0.212. The highest BCUT2D eigenvalue weighted by Gasteiger charge is 2.07. The summed E-state index contributed by atoms with van der Waals surface area (Å²) in [6, 6.07) is 11.6. The summed E-state index contributed by atoms with van der Waals surface area (Å²) in [5.41, 5.74) is 7.16. The van der Waals surface area contributed by atoms with Crippen molar-refractivity contribution in [2.24, 2.45) is 0 Å². The van der Waals surface area contributed by atoms with Crippen molar-refractivity contribution < 1.29 is 4.39 Å². The second kappa shape index (κ2) is 5.36. The quantitative estimate of drug-likeness (QED) is 0.915. The molecule has 1 heterocycles. The van der Waals surface area contributed by atoms with Crippen molar-refractivity contribution in [3.05, 3.63) is 53.5 Å². The molecule has 0 aliphatic rings. The van der Waals surface area contributed by atoms with Crippen molar-refractivity contribution in [2.75, 3.05) is 17.7 Å². The lowest BCUT2D eigenvalue weighted by molar-refractivity contribution is 0.627. The van der Waals surface area contributed by atoms with Crippen LogP contribution in [0.15, 0.2) is 36.4 Å². The minimum atomic E-state index is -0.260. The van der Waals surface area contributed by atoms with Crippen LogP contribution in [0.1, 0.15) is 11.3 Å². The molecule has 0 saturated heterocycles. The molecule has 1 aromatic heterocycles. The molecule has 2 aromatic rings. The Morgan fingerprint density at radius 1 is 1.26 bits per heavy atom. The van der Waals surface area contributed by atoms with E-state index in [9.17, 15) is 4.39 Å². The Kier molecular flexibility index (Phi) is 3.62. The molecule has 0 atom stereocenters. The topological polar surface area (TPSA) is 65.9 Å². The zero-order valence-electron chi connectivity index (χ0n) is 10.5. The molecule has 0 fully saturated rings. The fourth-order valence-corrected chi connectivity index (χ4v) is 1.71. The molecule has 4 nitrogen and oxygen atoms in total. The highest BCUT2D eigenvalue weighted by atomic mass is 19.1. The van der Waals surface area contributed by atoms with Gasteiger partial charge >= 0.3 is 0 Å². The third-order valence-corrected chi connectivity index (χ3v) is 2.74. The van der Waals surface area contributed by atoms with Crippen molar-refractivity contribution in [3.63, 3.8) is 0 Å². The summed E-state index contributed by atoms with van der Waals surface area (Å²) in [5, 5.41) is 8.89. The predicted molar refractivity (Wildman–Crippen MR) is 71.9 cm³/mol. The highest BCUT2D eigenvalue weighted by molar-refractivity contribution is 5.55. The number of hydrogen-bond acceptors (Lipinski definition) is 4. The number of nitriles is 1. The maximum atomic E-state index is 12.8. The molecule has 0 amide bonds. The Balaban J connectivity index is 2.18. The van der Waals surface area contributed by atoms with Gasteiger partial charge in [0.05, 0.1) is 5.69 Å². The van der Waals surface area contributed by atoms with Gasteiger partial charge in [-0.3, -0.25) is 0 Å². The lowest BCUT2D eigenvalue weighted by atomic mass is 10.2. The molecular weight excluding hydrogens is 243 g/mol. The Hall–Kier alpha value is -2.61. The molecule has 0 spiro atoms. The van der Waals surface area contributed by atoms with Gasteiger partial charge in [0.15, 0.2) is 5.69 Å². The SMILES string of the molecule is CN(Cc1ccc(F)cc1)c1ccc(N)c(C#N)n1. The number of nitrogens with zero attached hydrogens (tertiary/aromatic N) is 3. The van der Waals surface area contributed by atoms with Gasteiger partial charge in [-0.15, -0.1) is 0 Å². The zero-order chi connectivity index (χ0) is 13.8. The van der Waals surface area contributed by atoms with Crippen molar-refractivity contribution >= 4 is 11.5 Å². The van der Waals surface area contributed by atoms with Crippen LogP contribution >= 0.6 is 0 Å². The fraction of sp³-hybridized carbons (Fsp3) is 0.143. The predicted octanol–water partition coefficient (Wildman–Crippen LogP) is 2.31. The van der Waals surface area contributed by atoms with E-state index in [0.717, 1.165) is 5.56 Å². The molecule has 0 unspecified atom stereocenters. The van der Waals surface area contributed by atoms with Gasteiger partial charge in [0.1, 0.15) is 17.7 Å². The number of anilines is 2. The molecular formula is C14H13FN4. The molecule has 19 heavy (non-hydrogen) atoms. The van der Waals surface area contributed by atoms with Crippen LogP contribution in [0.2, 0.25) is 0 Å². The molecule has 2 rings (SSSR count). The number of benzene rings is 1. The van der Waals surface area contributed by atoms with Crippen molar-refractivity contribution in [1.82, 2.24) is 4.98 Å². The second-order valence-electron chi connectivity index (χ2n) is 4.20. The average Bonchev–Trinajstić information content (AvgIpc) is 2.42. The third kappa shape index (κ3) is 2.99. The van der Waals surface area contributed by atoms with Crippen LogP contribution in [0.4, 0.5) is 15.9 Å². The van der Waals surface area contributed by atoms with E-state index in [2.05, 4.69) is 4.98 Å². The summed E-state index contributed by atoms with van der Waals surface area (Å²) >= 11 is 0. The van der Waals surface area contributed by atoms with Crippen molar-refractivity contribution in [2.45, 2.75) is 6.54 Å². The first kappa shape index (κ1) is 12.8. The average molecular weight is 256 g/mol. The van der Waals surface area contributed by atoms with Gasteiger partial charge in [0.25, 0.3) is 0 Å². The van der Waals surface area contributed by atoms with Gasteiger partial charge in [-0.05, 0) is 29.8 Å². The largest absolute Gasteiger partial charge is 0.396 e. The number of halogens is 1. The first-order chi connectivity index (χ1) is 9.10. The van der Waals surface area contributed by atoms with Gasteiger partial charge in [0, 0.05) is 13.6 Å². The number of hydrogen-bond donors (Lipinski definition) is 1. The van der Waals surface area contributed by atoms with Gasteiger partial charge in [-0.25, -0.2) is 9.37 Å². The fourth-order valence-electron chi connectivity index (χ4n) is 1.71. The molecule has 5 heteroatoms. The van der Waals surface area contributed by atoms with E-state index in [0.29, 0.717) is 18.1 Å². The monoisotopic (exact) mass is 256 g/mol. The Labute approximate surface area is 110 Å².